The zero-order chi connectivity index (χ0) is 18.6. The number of anilines is 2. The van der Waals surface area contributed by atoms with Crippen LogP contribution in [0.4, 0.5) is 11.4 Å². The highest BCUT2D eigenvalue weighted by Crippen LogP contribution is 2.27. The van der Waals surface area contributed by atoms with E-state index in [0.717, 1.165) is 40.9 Å². The first-order chi connectivity index (χ1) is 13.2. The molecule has 138 valence electrons. The SMILES string of the molecule is Cc1cc(N2CCCC2)ccc1NC(=O)COc1cccc2ccccc12. The Morgan fingerprint density at radius 3 is 2.63 bits per heavy atom. The van der Waals surface area contributed by atoms with Gasteiger partial charge in [0.05, 0.1) is 0 Å². The molecule has 1 saturated heterocycles. The maximum Gasteiger partial charge on any atom is 0.262 e. The van der Waals surface area contributed by atoms with E-state index in [2.05, 4.69) is 22.3 Å². The van der Waals surface area contributed by atoms with Crippen LogP contribution in [0.15, 0.2) is 60.7 Å². The fourth-order valence-electron chi connectivity index (χ4n) is 3.61. The van der Waals surface area contributed by atoms with Gasteiger partial charge in [0, 0.05) is 29.9 Å². The Balaban J connectivity index is 1.40. The van der Waals surface area contributed by atoms with Crippen LogP contribution in [0.1, 0.15) is 18.4 Å². The van der Waals surface area contributed by atoms with Crippen LogP contribution in [0.25, 0.3) is 10.8 Å². The molecule has 4 nitrogen and oxygen atoms in total. The molecular weight excluding hydrogens is 336 g/mol. The maximum absolute atomic E-state index is 12.4. The molecule has 0 bridgehead atoms. The molecule has 0 unspecified atom stereocenters. The van der Waals surface area contributed by atoms with Crippen molar-refractivity contribution in [2.45, 2.75) is 19.8 Å². The highest BCUT2D eigenvalue weighted by molar-refractivity contribution is 5.93. The number of hydrogen-bond acceptors (Lipinski definition) is 3. The maximum atomic E-state index is 12.4. The molecule has 3 aromatic carbocycles. The summed E-state index contributed by atoms with van der Waals surface area (Å²) in [5.74, 6) is 0.573. The molecule has 1 heterocycles. The minimum atomic E-state index is -0.153. The summed E-state index contributed by atoms with van der Waals surface area (Å²) in [6.07, 6.45) is 2.51. The average Bonchev–Trinajstić information content (AvgIpc) is 3.23. The van der Waals surface area contributed by atoms with Crippen molar-refractivity contribution in [3.8, 4) is 5.75 Å². The standard InChI is InChI=1S/C23H24N2O2/c1-17-15-19(25-13-4-5-14-25)11-12-21(17)24-23(26)16-27-22-10-6-8-18-7-2-3-9-20(18)22/h2-3,6-12,15H,4-5,13-14,16H2,1H3,(H,24,26). The van der Waals surface area contributed by atoms with Crippen LogP contribution in [0.2, 0.25) is 0 Å². The Kier molecular flexibility index (Phi) is 4.97. The van der Waals surface area contributed by atoms with E-state index in [1.54, 1.807) is 0 Å². The molecule has 0 aromatic heterocycles. The second-order valence-corrected chi connectivity index (χ2v) is 7.01. The minimum Gasteiger partial charge on any atom is -0.483 e. The van der Waals surface area contributed by atoms with Crippen LogP contribution in [0.3, 0.4) is 0 Å². The zero-order valence-corrected chi connectivity index (χ0v) is 15.6. The fraction of sp³-hybridized carbons (Fsp3) is 0.261. The topological polar surface area (TPSA) is 41.6 Å². The summed E-state index contributed by atoms with van der Waals surface area (Å²) in [5, 5.41) is 5.08. The quantitative estimate of drug-likeness (QED) is 0.713. The van der Waals surface area contributed by atoms with Crippen LogP contribution in [-0.2, 0) is 4.79 Å². The Hall–Kier alpha value is -3.01. The van der Waals surface area contributed by atoms with Crippen molar-refractivity contribution >= 4 is 28.1 Å². The number of carbonyl (C=O) groups excluding carboxylic acids is 1. The number of ether oxygens (including phenoxy) is 1. The molecule has 4 heteroatoms. The lowest BCUT2D eigenvalue weighted by atomic mass is 10.1. The molecule has 1 N–H and O–H groups in total. The third kappa shape index (κ3) is 3.90. The number of nitrogens with one attached hydrogen (secondary N) is 1. The molecular formula is C23H24N2O2. The van der Waals surface area contributed by atoms with E-state index < -0.39 is 0 Å². The van der Waals surface area contributed by atoms with Crippen LogP contribution in [-0.4, -0.2) is 25.6 Å². The number of rotatable bonds is 5. The normalized spacial score (nSPS) is 13.7. The number of benzene rings is 3. The lowest BCUT2D eigenvalue weighted by Gasteiger charge is -2.19. The van der Waals surface area contributed by atoms with Gasteiger partial charge in [-0.3, -0.25) is 4.79 Å². The molecule has 1 aliphatic heterocycles. The third-order valence-electron chi connectivity index (χ3n) is 5.06. The molecule has 27 heavy (non-hydrogen) atoms. The number of fused-ring (bicyclic) bond motifs is 1. The predicted octanol–water partition coefficient (Wildman–Crippen LogP) is 4.77. The number of aryl methyl sites for hydroxylation is 1. The van der Waals surface area contributed by atoms with E-state index in [1.807, 2.05) is 55.5 Å². The summed E-state index contributed by atoms with van der Waals surface area (Å²) in [6, 6.07) is 20.1. The van der Waals surface area contributed by atoms with Crippen LogP contribution >= 0.6 is 0 Å². The first kappa shape index (κ1) is 17.4. The third-order valence-corrected chi connectivity index (χ3v) is 5.06. The summed E-state index contributed by atoms with van der Waals surface area (Å²) in [6.45, 7) is 4.25. The molecule has 0 radical (unpaired) electrons. The number of carbonyl (C=O) groups is 1. The minimum absolute atomic E-state index is 0.0126. The van der Waals surface area contributed by atoms with Gasteiger partial charge < -0.3 is 15.0 Å². The zero-order valence-electron chi connectivity index (χ0n) is 15.6. The predicted molar refractivity (Wildman–Crippen MR) is 111 cm³/mol. The van der Waals surface area contributed by atoms with Crippen molar-refractivity contribution in [1.82, 2.24) is 0 Å². The van der Waals surface area contributed by atoms with E-state index in [0.29, 0.717) is 0 Å². The van der Waals surface area contributed by atoms with Crippen molar-refractivity contribution < 1.29 is 9.53 Å². The fourth-order valence-corrected chi connectivity index (χ4v) is 3.61. The molecule has 1 amide bonds. The monoisotopic (exact) mass is 360 g/mol. The molecule has 0 saturated carbocycles. The Morgan fingerprint density at radius 1 is 1.04 bits per heavy atom. The second kappa shape index (κ2) is 7.70. The van der Waals surface area contributed by atoms with Crippen molar-refractivity contribution in [3.63, 3.8) is 0 Å². The van der Waals surface area contributed by atoms with Crippen LogP contribution in [0.5, 0.6) is 5.75 Å². The molecule has 0 atom stereocenters. The van der Waals surface area contributed by atoms with E-state index in [-0.39, 0.29) is 12.5 Å². The first-order valence-electron chi connectivity index (χ1n) is 9.47. The molecule has 4 rings (SSSR count). The summed E-state index contributed by atoms with van der Waals surface area (Å²) < 4.78 is 5.78. The molecule has 0 spiro atoms. The lowest BCUT2D eigenvalue weighted by molar-refractivity contribution is -0.118. The summed E-state index contributed by atoms with van der Waals surface area (Å²) in [5.41, 5.74) is 3.14. The van der Waals surface area contributed by atoms with Crippen molar-refractivity contribution in [2.75, 3.05) is 29.9 Å². The summed E-state index contributed by atoms with van der Waals surface area (Å²) >= 11 is 0. The number of hydrogen-bond donors (Lipinski definition) is 1. The van der Waals surface area contributed by atoms with Gasteiger partial charge in [-0.05, 0) is 55.0 Å². The smallest absolute Gasteiger partial charge is 0.262 e. The largest absolute Gasteiger partial charge is 0.483 e. The van der Waals surface area contributed by atoms with Crippen LogP contribution < -0.4 is 15.0 Å². The molecule has 1 aliphatic rings. The van der Waals surface area contributed by atoms with E-state index in [1.165, 1.54) is 18.5 Å². The van der Waals surface area contributed by atoms with Gasteiger partial charge >= 0.3 is 0 Å². The molecule has 0 aliphatic carbocycles. The molecule has 3 aromatic rings. The summed E-state index contributed by atoms with van der Waals surface area (Å²) in [7, 11) is 0. The van der Waals surface area contributed by atoms with Gasteiger partial charge in [0.1, 0.15) is 5.75 Å². The van der Waals surface area contributed by atoms with Gasteiger partial charge in [-0.1, -0.05) is 36.4 Å². The van der Waals surface area contributed by atoms with E-state index in [9.17, 15) is 4.79 Å². The average molecular weight is 360 g/mol. The van der Waals surface area contributed by atoms with Crippen molar-refractivity contribution in [3.05, 3.63) is 66.2 Å². The van der Waals surface area contributed by atoms with Gasteiger partial charge in [0.2, 0.25) is 0 Å². The van der Waals surface area contributed by atoms with Crippen molar-refractivity contribution in [1.29, 1.82) is 0 Å². The number of nitrogens with zero attached hydrogens (tertiary/aromatic N) is 1. The van der Waals surface area contributed by atoms with Gasteiger partial charge in [0.25, 0.3) is 5.91 Å². The number of amides is 1. The van der Waals surface area contributed by atoms with E-state index >= 15 is 0 Å². The Morgan fingerprint density at radius 2 is 1.81 bits per heavy atom. The Bertz CT molecular complexity index is 956. The van der Waals surface area contributed by atoms with Crippen LogP contribution in [0, 0.1) is 6.92 Å². The van der Waals surface area contributed by atoms with Gasteiger partial charge in [-0.15, -0.1) is 0 Å². The van der Waals surface area contributed by atoms with Gasteiger partial charge in [0.15, 0.2) is 6.61 Å². The molecule has 1 fully saturated rings. The van der Waals surface area contributed by atoms with E-state index in [4.69, 9.17) is 4.74 Å². The van der Waals surface area contributed by atoms with Gasteiger partial charge in [-0.2, -0.15) is 0 Å². The van der Waals surface area contributed by atoms with Crippen molar-refractivity contribution in [2.24, 2.45) is 0 Å². The lowest BCUT2D eigenvalue weighted by Crippen LogP contribution is -2.21. The second-order valence-electron chi connectivity index (χ2n) is 7.01. The highest BCUT2D eigenvalue weighted by Gasteiger charge is 2.14. The Labute approximate surface area is 159 Å². The summed E-state index contributed by atoms with van der Waals surface area (Å²) in [4.78, 5) is 14.8. The highest BCUT2D eigenvalue weighted by atomic mass is 16.5. The first-order valence-corrected chi connectivity index (χ1v) is 9.47. The van der Waals surface area contributed by atoms with Gasteiger partial charge in [-0.25, -0.2) is 0 Å².